The van der Waals surface area contributed by atoms with Crippen LogP contribution < -0.4 is 10.9 Å². The van der Waals surface area contributed by atoms with E-state index in [4.69, 9.17) is 4.98 Å². The number of benzene rings is 2. The number of carbonyl (C=O) groups is 1. The topological polar surface area (TPSA) is 64.0 Å². The van der Waals surface area contributed by atoms with Gasteiger partial charge in [-0.15, -0.1) is 23.1 Å². The summed E-state index contributed by atoms with van der Waals surface area (Å²) in [4.78, 5) is 34.8. The molecule has 0 aliphatic rings. The standard InChI is InChI=1S/C27H29N3O2S3/c1-7-20-17(4)34-25-23(20)26(32)30(19-13-12-15(2)16(3)14-19)27(29-25)35-18(5)24(31)28-21-10-8-9-11-22(21)33-6/h8-14,18H,7H2,1-6H3,(H,28,31)/t18-/m1/s1. The summed E-state index contributed by atoms with van der Waals surface area (Å²) in [6.07, 6.45) is 2.76. The maximum Gasteiger partial charge on any atom is 0.267 e. The zero-order chi connectivity index (χ0) is 25.3. The van der Waals surface area contributed by atoms with E-state index in [-0.39, 0.29) is 11.5 Å². The minimum atomic E-state index is -0.459. The molecule has 2 aromatic carbocycles. The Morgan fingerprint density at radius 3 is 2.57 bits per heavy atom. The molecule has 0 spiro atoms. The Bertz CT molecular complexity index is 1470. The van der Waals surface area contributed by atoms with Crippen LogP contribution in [0.5, 0.6) is 0 Å². The van der Waals surface area contributed by atoms with Crippen LogP contribution in [0.15, 0.2) is 57.3 Å². The molecule has 0 radical (unpaired) electrons. The molecule has 35 heavy (non-hydrogen) atoms. The summed E-state index contributed by atoms with van der Waals surface area (Å²) in [5.41, 5.74) is 4.78. The van der Waals surface area contributed by atoms with Crippen LogP contribution in [-0.2, 0) is 11.2 Å². The number of hydrogen-bond acceptors (Lipinski definition) is 6. The van der Waals surface area contributed by atoms with Crippen LogP contribution in [0, 0.1) is 20.8 Å². The van der Waals surface area contributed by atoms with Gasteiger partial charge in [0.1, 0.15) is 4.83 Å². The molecule has 4 aromatic rings. The summed E-state index contributed by atoms with van der Waals surface area (Å²) in [7, 11) is 0. The van der Waals surface area contributed by atoms with Crippen molar-refractivity contribution in [3.63, 3.8) is 0 Å². The van der Waals surface area contributed by atoms with Gasteiger partial charge in [0, 0.05) is 9.77 Å². The number of carbonyl (C=O) groups excluding carboxylic acids is 1. The van der Waals surface area contributed by atoms with Crippen LogP contribution in [-0.4, -0.2) is 27.0 Å². The van der Waals surface area contributed by atoms with Gasteiger partial charge in [0.05, 0.1) is 22.0 Å². The summed E-state index contributed by atoms with van der Waals surface area (Å²) < 4.78 is 1.67. The Morgan fingerprint density at radius 2 is 1.89 bits per heavy atom. The molecule has 4 rings (SSSR count). The average molecular weight is 524 g/mol. The maximum absolute atomic E-state index is 13.9. The lowest BCUT2D eigenvalue weighted by molar-refractivity contribution is -0.115. The first-order valence-corrected chi connectivity index (χ1v) is 14.4. The molecular weight excluding hydrogens is 495 g/mol. The second-order valence-corrected chi connectivity index (χ2v) is 11.8. The highest BCUT2D eigenvalue weighted by molar-refractivity contribution is 8.00. The second kappa shape index (κ2) is 10.6. The molecule has 2 aromatic heterocycles. The minimum Gasteiger partial charge on any atom is -0.324 e. The summed E-state index contributed by atoms with van der Waals surface area (Å²) in [6, 6.07) is 13.7. The molecule has 1 N–H and O–H groups in total. The summed E-state index contributed by atoms with van der Waals surface area (Å²) in [5.74, 6) is -0.130. The van der Waals surface area contributed by atoms with Crippen molar-refractivity contribution in [1.29, 1.82) is 0 Å². The third kappa shape index (κ3) is 5.06. The van der Waals surface area contributed by atoms with Gasteiger partial charge in [-0.05, 0) is 81.3 Å². The van der Waals surface area contributed by atoms with Gasteiger partial charge in [-0.1, -0.05) is 36.9 Å². The Balaban J connectivity index is 1.79. The quantitative estimate of drug-likeness (QED) is 0.214. The van der Waals surface area contributed by atoms with Crippen LogP contribution >= 0.6 is 34.9 Å². The van der Waals surface area contributed by atoms with E-state index in [1.807, 2.05) is 69.5 Å². The molecular formula is C27H29N3O2S3. The van der Waals surface area contributed by atoms with Gasteiger partial charge in [-0.3, -0.25) is 14.2 Å². The van der Waals surface area contributed by atoms with E-state index in [9.17, 15) is 9.59 Å². The average Bonchev–Trinajstić information content (AvgIpc) is 3.16. The number of nitrogens with one attached hydrogen (secondary N) is 1. The fourth-order valence-corrected chi connectivity index (χ4v) is 6.62. The normalized spacial score (nSPS) is 12.2. The molecule has 1 atom stereocenters. The number of nitrogens with zero attached hydrogens (tertiary/aromatic N) is 2. The van der Waals surface area contributed by atoms with Crippen molar-refractivity contribution in [2.75, 3.05) is 11.6 Å². The molecule has 0 saturated heterocycles. The number of anilines is 1. The Labute approximate surface area is 218 Å². The predicted molar refractivity (Wildman–Crippen MR) is 151 cm³/mol. The molecule has 1 amide bonds. The first-order chi connectivity index (χ1) is 16.7. The lowest BCUT2D eigenvalue weighted by atomic mass is 10.1. The van der Waals surface area contributed by atoms with Gasteiger partial charge in [0.2, 0.25) is 5.91 Å². The zero-order valence-electron chi connectivity index (χ0n) is 20.8. The predicted octanol–water partition coefficient (Wildman–Crippen LogP) is 6.78. The molecule has 0 aliphatic heterocycles. The van der Waals surface area contributed by atoms with Gasteiger partial charge in [0.25, 0.3) is 5.56 Å². The largest absolute Gasteiger partial charge is 0.324 e. The first kappa shape index (κ1) is 25.5. The van der Waals surface area contributed by atoms with E-state index >= 15 is 0 Å². The van der Waals surface area contributed by atoms with E-state index in [1.165, 1.54) is 11.8 Å². The molecule has 0 saturated carbocycles. The van der Waals surface area contributed by atoms with Crippen molar-refractivity contribution in [1.82, 2.24) is 9.55 Å². The number of thioether (sulfide) groups is 2. The molecule has 2 heterocycles. The van der Waals surface area contributed by atoms with Crippen LogP contribution in [0.25, 0.3) is 15.9 Å². The number of aromatic nitrogens is 2. The molecule has 0 fully saturated rings. The van der Waals surface area contributed by atoms with Crippen molar-refractivity contribution >= 4 is 56.7 Å². The van der Waals surface area contributed by atoms with Crippen molar-refractivity contribution < 1.29 is 4.79 Å². The summed E-state index contributed by atoms with van der Waals surface area (Å²) in [6.45, 7) is 10.0. The monoisotopic (exact) mass is 523 g/mol. The van der Waals surface area contributed by atoms with Gasteiger partial charge < -0.3 is 5.32 Å². The Hall–Kier alpha value is -2.55. The molecule has 182 valence electrons. The number of amides is 1. The maximum atomic E-state index is 13.9. The fraction of sp³-hybridized carbons (Fsp3) is 0.296. The van der Waals surface area contributed by atoms with Crippen LogP contribution in [0.1, 0.15) is 35.4 Å². The number of rotatable bonds is 7. The van der Waals surface area contributed by atoms with Gasteiger partial charge in [-0.2, -0.15) is 0 Å². The van der Waals surface area contributed by atoms with Crippen LogP contribution in [0.4, 0.5) is 5.69 Å². The Kier molecular flexibility index (Phi) is 7.73. The third-order valence-corrected chi connectivity index (χ3v) is 9.00. The third-order valence-electron chi connectivity index (χ3n) is 6.11. The highest BCUT2D eigenvalue weighted by Gasteiger charge is 2.23. The first-order valence-electron chi connectivity index (χ1n) is 11.5. The number of thiophene rings is 1. The summed E-state index contributed by atoms with van der Waals surface area (Å²) in [5, 5.41) is 3.79. The van der Waals surface area contributed by atoms with Crippen molar-refractivity contribution in [2.24, 2.45) is 0 Å². The smallest absolute Gasteiger partial charge is 0.267 e. The van der Waals surface area contributed by atoms with Crippen molar-refractivity contribution in [3.8, 4) is 5.69 Å². The second-order valence-electron chi connectivity index (χ2n) is 8.42. The van der Waals surface area contributed by atoms with Crippen molar-refractivity contribution in [3.05, 3.63) is 74.4 Å². The van der Waals surface area contributed by atoms with Gasteiger partial charge in [0.15, 0.2) is 5.16 Å². The summed E-state index contributed by atoms with van der Waals surface area (Å²) >= 11 is 4.44. The lowest BCUT2D eigenvalue weighted by Crippen LogP contribution is -2.26. The number of hydrogen-bond donors (Lipinski definition) is 1. The van der Waals surface area contributed by atoms with E-state index in [2.05, 4.69) is 19.2 Å². The molecule has 0 bridgehead atoms. The van der Waals surface area contributed by atoms with Gasteiger partial charge in [-0.25, -0.2) is 4.98 Å². The number of fused-ring (bicyclic) bond motifs is 1. The minimum absolute atomic E-state index is 0.0812. The van der Waals surface area contributed by atoms with Crippen LogP contribution in [0.2, 0.25) is 0 Å². The Morgan fingerprint density at radius 1 is 1.14 bits per heavy atom. The molecule has 8 heteroatoms. The van der Waals surface area contributed by atoms with E-state index in [1.54, 1.807) is 27.7 Å². The van der Waals surface area contributed by atoms with E-state index in [0.717, 1.165) is 49.1 Å². The lowest BCUT2D eigenvalue weighted by Gasteiger charge is -2.17. The highest BCUT2D eigenvalue weighted by atomic mass is 32.2. The molecule has 5 nitrogen and oxygen atoms in total. The van der Waals surface area contributed by atoms with E-state index < -0.39 is 5.25 Å². The highest BCUT2D eigenvalue weighted by Crippen LogP contribution is 2.33. The van der Waals surface area contributed by atoms with E-state index in [0.29, 0.717) is 10.5 Å². The SMILES string of the molecule is CCc1c(C)sc2nc(S[C@H](C)C(=O)Nc3ccccc3SC)n(-c3ccc(C)c(C)c3)c(=O)c12. The number of para-hydroxylation sites is 1. The van der Waals surface area contributed by atoms with Crippen LogP contribution in [0.3, 0.4) is 0 Å². The fourth-order valence-electron chi connectivity index (χ4n) is 3.99. The molecule has 0 aliphatic carbocycles. The van der Waals surface area contributed by atoms with Crippen molar-refractivity contribution in [2.45, 2.75) is 56.3 Å². The molecule has 0 unspecified atom stereocenters. The van der Waals surface area contributed by atoms with Gasteiger partial charge >= 0.3 is 0 Å². The number of aryl methyl sites for hydroxylation is 4. The zero-order valence-corrected chi connectivity index (χ0v) is 23.2.